The molecule has 1 amide bonds. The Balaban J connectivity index is 1.09. The average Bonchev–Trinajstić information content (AvgIpc) is 3.14. The van der Waals surface area contributed by atoms with Gasteiger partial charge in [-0.2, -0.15) is 0 Å². The number of carboxylic acid groups (broad SMARTS) is 1. The van der Waals surface area contributed by atoms with Gasteiger partial charge in [0.05, 0.1) is 5.60 Å². The predicted octanol–water partition coefficient (Wildman–Crippen LogP) is 5.79. The van der Waals surface area contributed by atoms with Crippen molar-refractivity contribution in [3.05, 3.63) is 94.0 Å². The molecule has 0 radical (unpaired) electrons. The fourth-order valence-corrected chi connectivity index (χ4v) is 6.72. The summed E-state index contributed by atoms with van der Waals surface area (Å²) < 4.78 is 12.7. The molecule has 0 bridgehead atoms. The lowest BCUT2D eigenvalue weighted by Gasteiger charge is -2.63. The van der Waals surface area contributed by atoms with E-state index in [1.807, 2.05) is 48.5 Å². The molecular weight excluding hydrogens is 522 g/mol. The third-order valence-electron chi connectivity index (χ3n) is 7.79. The minimum absolute atomic E-state index is 0.0360. The Labute approximate surface area is 218 Å². The van der Waals surface area contributed by atoms with Gasteiger partial charge in [0.1, 0.15) is 13.2 Å². The molecule has 3 aliphatic rings. The molecule has 0 aromatic heterocycles. The number of halogens is 1. The van der Waals surface area contributed by atoms with Gasteiger partial charge in [-0.05, 0) is 52.8 Å². The van der Waals surface area contributed by atoms with E-state index in [1.54, 1.807) is 4.90 Å². The second kappa shape index (κ2) is 8.75. The second-order valence-corrected chi connectivity index (χ2v) is 11.1. The Morgan fingerprint density at radius 2 is 1.58 bits per heavy atom. The minimum atomic E-state index is -0.987. The summed E-state index contributed by atoms with van der Waals surface area (Å²) in [5, 5.41) is 9.18. The number of hydrogen-bond acceptors (Lipinski definition) is 4. The highest BCUT2D eigenvalue weighted by Crippen LogP contribution is 2.60. The first-order valence-electron chi connectivity index (χ1n) is 12.1. The molecular formula is C29H26BrNO5. The molecule has 1 N–H and O–H groups in total. The summed E-state index contributed by atoms with van der Waals surface area (Å²) in [4.78, 5) is 25.9. The van der Waals surface area contributed by atoms with Gasteiger partial charge in [-0.1, -0.05) is 76.6 Å². The first-order valence-corrected chi connectivity index (χ1v) is 12.9. The minimum Gasteiger partial charge on any atom is -0.480 e. The number of benzene rings is 3. The summed E-state index contributed by atoms with van der Waals surface area (Å²) in [6, 6.07) is 24.4. The largest absolute Gasteiger partial charge is 0.480 e. The number of hydrogen-bond donors (Lipinski definition) is 1. The van der Waals surface area contributed by atoms with E-state index in [2.05, 4.69) is 40.2 Å². The van der Waals surface area contributed by atoms with Crippen molar-refractivity contribution in [1.29, 1.82) is 0 Å². The van der Waals surface area contributed by atoms with Crippen LogP contribution in [0.15, 0.2) is 77.3 Å². The third-order valence-corrected chi connectivity index (χ3v) is 8.28. The van der Waals surface area contributed by atoms with Crippen molar-refractivity contribution in [3.63, 3.8) is 0 Å². The zero-order chi connectivity index (χ0) is 24.9. The molecule has 184 valence electrons. The van der Waals surface area contributed by atoms with Crippen molar-refractivity contribution in [2.24, 2.45) is 5.41 Å². The lowest BCUT2D eigenvalue weighted by atomic mass is 9.53. The van der Waals surface area contributed by atoms with Crippen LogP contribution in [0.1, 0.15) is 35.4 Å². The number of ether oxygens (including phenoxy) is 2. The molecule has 3 aromatic rings. The Morgan fingerprint density at radius 1 is 0.944 bits per heavy atom. The number of nitrogens with zero attached hydrogens (tertiary/aromatic N) is 1. The summed E-state index contributed by atoms with van der Waals surface area (Å²) in [5.74, 6) is -0.951. The number of amides is 1. The summed E-state index contributed by atoms with van der Waals surface area (Å²) in [5.41, 5.74) is 5.05. The van der Waals surface area contributed by atoms with E-state index in [0.717, 1.165) is 10.0 Å². The van der Waals surface area contributed by atoms with Crippen LogP contribution in [0, 0.1) is 5.41 Å². The van der Waals surface area contributed by atoms with E-state index in [0.29, 0.717) is 32.5 Å². The Hall–Kier alpha value is -3.16. The number of fused-ring (bicyclic) bond motifs is 3. The highest BCUT2D eigenvalue weighted by atomic mass is 79.9. The maximum atomic E-state index is 12.9. The third kappa shape index (κ3) is 3.91. The lowest BCUT2D eigenvalue weighted by molar-refractivity contribution is -0.219. The second-order valence-electron chi connectivity index (χ2n) is 10.2. The molecule has 1 heterocycles. The number of carbonyl (C=O) groups is 2. The van der Waals surface area contributed by atoms with E-state index in [9.17, 15) is 14.7 Å². The molecule has 1 saturated carbocycles. The van der Waals surface area contributed by atoms with Gasteiger partial charge in [-0.25, -0.2) is 9.59 Å². The molecule has 7 heteroatoms. The zero-order valence-electron chi connectivity index (χ0n) is 19.7. The Bertz CT molecular complexity index is 1300. The smallest absolute Gasteiger partial charge is 0.409 e. The van der Waals surface area contributed by atoms with Gasteiger partial charge in [-0.15, -0.1) is 0 Å². The molecule has 2 aliphatic carbocycles. The van der Waals surface area contributed by atoms with Crippen molar-refractivity contribution in [2.45, 2.75) is 24.4 Å². The summed E-state index contributed by atoms with van der Waals surface area (Å²) in [6.45, 7) is 1.14. The Morgan fingerprint density at radius 3 is 2.19 bits per heavy atom. The van der Waals surface area contributed by atoms with Crippen molar-refractivity contribution >= 4 is 28.0 Å². The fraction of sp³-hybridized carbons (Fsp3) is 0.310. The van der Waals surface area contributed by atoms with E-state index >= 15 is 0 Å². The average molecular weight is 548 g/mol. The molecule has 1 saturated heterocycles. The fourth-order valence-electron chi connectivity index (χ4n) is 6.32. The molecule has 6 nitrogen and oxygen atoms in total. The summed E-state index contributed by atoms with van der Waals surface area (Å²) in [6.07, 6.45) is 1.06. The lowest BCUT2D eigenvalue weighted by Crippen LogP contribution is -2.68. The number of aliphatic carboxylic acids is 1. The molecule has 3 aromatic carbocycles. The topological polar surface area (TPSA) is 76.1 Å². The van der Waals surface area contributed by atoms with E-state index in [-0.39, 0.29) is 24.0 Å². The van der Waals surface area contributed by atoms with Crippen LogP contribution in [0.4, 0.5) is 4.79 Å². The van der Waals surface area contributed by atoms with Gasteiger partial charge >= 0.3 is 12.1 Å². The molecule has 36 heavy (non-hydrogen) atoms. The number of carbonyl (C=O) groups excluding carboxylic acids is 1. The Kier molecular flexibility index (Phi) is 5.65. The van der Waals surface area contributed by atoms with Crippen LogP contribution in [0.25, 0.3) is 11.1 Å². The van der Waals surface area contributed by atoms with Gasteiger partial charge in [-0.3, -0.25) is 0 Å². The first kappa shape index (κ1) is 23.3. The van der Waals surface area contributed by atoms with Gasteiger partial charge in [0.2, 0.25) is 0 Å². The van der Waals surface area contributed by atoms with Crippen LogP contribution >= 0.6 is 15.9 Å². The maximum absolute atomic E-state index is 12.9. The summed E-state index contributed by atoms with van der Waals surface area (Å²) in [7, 11) is 0. The van der Waals surface area contributed by atoms with Crippen molar-refractivity contribution in [1.82, 2.24) is 4.90 Å². The van der Waals surface area contributed by atoms with E-state index in [4.69, 9.17) is 9.47 Å². The molecule has 1 aliphatic heterocycles. The molecule has 0 unspecified atom stereocenters. The van der Waals surface area contributed by atoms with Gasteiger partial charge in [0.15, 0.2) is 0 Å². The highest BCUT2D eigenvalue weighted by Gasteiger charge is 2.62. The molecule has 6 rings (SSSR count). The van der Waals surface area contributed by atoms with Crippen LogP contribution in [-0.2, 0) is 19.9 Å². The van der Waals surface area contributed by atoms with E-state index < -0.39 is 11.6 Å². The van der Waals surface area contributed by atoms with Gasteiger partial charge in [0, 0.05) is 28.9 Å². The summed E-state index contributed by atoms with van der Waals surface area (Å²) >= 11 is 3.50. The SMILES string of the molecule is O=C(O)COC1(c2cccc(Br)c2)CC2(CN(C(=O)OCC3c4ccccc4-c4ccccc43)C2)C1. The monoisotopic (exact) mass is 547 g/mol. The first-order chi connectivity index (χ1) is 17.4. The van der Waals surface area contributed by atoms with Crippen LogP contribution in [-0.4, -0.2) is 48.4 Å². The van der Waals surface area contributed by atoms with Crippen molar-refractivity contribution in [2.75, 3.05) is 26.3 Å². The quantitative estimate of drug-likeness (QED) is 0.422. The maximum Gasteiger partial charge on any atom is 0.409 e. The van der Waals surface area contributed by atoms with Crippen LogP contribution in [0.5, 0.6) is 0 Å². The van der Waals surface area contributed by atoms with Gasteiger partial charge in [0.25, 0.3) is 0 Å². The standard InChI is InChI=1S/C29H26BrNO5/c30-20-7-5-6-19(12-20)29(36-14-26(32)33)15-28(16-29)17-31(18-28)27(34)35-13-25-23-10-3-1-8-21(23)22-9-2-4-11-24(22)25/h1-12,25H,13-18H2,(H,32,33). The molecule has 2 fully saturated rings. The van der Waals surface area contributed by atoms with Crippen LogP contribution in [0.2, 0.25) is 0 Å². The zero-order valence-corrected chi connectivity index (χ0v) is 21.2. The van der Waals surface area contributed by atoms with Gasteiger partial charge < -0.3 is 19.5 Å². The van der Waals surface area contributed by atoms with Crippen LogP contribution < -0.4 is 0 Å². The number of likely N-dealkylation sites (tertiary alicyclic amines) is 1. The van der Waals surface area contributed by atoms with E-state index in [1.165, 1.54) is 22.3 Å². The predicted molar refractivity (Wildman–Crippen MR) is 138 cm³/mol. The normalized spacial score (nSPS) is 18.6. The number of carboxylic acids is 1. The molecule has 0 atom stereocenters. The van der Waals surface area contributed by atoms with Crippen molar-refractivity contribution in [3.8, 4) is 11.1 Å². The highest BCUT2D eigenvalue weighted by molar-refractivity contribution is 9.10. The van der Waals surface area contributed by atoms with Crippen LogP contribution in [0.3, 0.4) is 0 Å². The van der Waals surface area contributed by atoms with Crippen molar-refractivity contribution < 1.29 is 24.2 Å². The number of rotatable bonds is 6. The molecule has 1 spiro atoms.